The van der Waals surface area contributed by atoms with Crippen LogP contribution in [0.3, 0.4) is 0 Å². The van der Waals surface area contributed by atoms with Crippen LogP contribution in [0.5, 0.6) is 17.5 Å². The Morgan fingerprint density at radius 3 is 2.66 bits per heavy atom. The van der Waals surface area contributed by atoms with Crippen molar-refractivity contribution < 1.29 is 19.0 Å². The van der Waals surface area contributed by atoms with Gasteiger partial charge in [-0.05, 0) is 37.1 Å². The average Bonchev–Trinajstić information content (AvgIpc) is 3.21. The number of piperidine rings is 1. The minimum Gasteiger partial charge on any atom is -0.497 e. The molecule has 4 rings (SSSR count). The normalized spacial score (nSPS) is 16.0. The number of carbonyl (C=O) groups excluding carboxylic acids is 1. The van der Waals surface area contributed by atoms with Gasteiger partial charge in [-0.2, -0.15) is 5.10 Å². The number of likely N-dealkylation sites (tertiary alicyclic amines) is 1. The number of ether oxygens (including phenoxy) is 3. The molecule has 1 aliphatic rings. The van der Waals surface area contributed by atoms with Gasteiger partial charge in [0.15, 0.2) is 0 Å². The van der Waals surface area contributed by atoms with E-state index in [-0.39, 0.29) is 18.0 Å². The molecule has 1 fully saturated rings. The first-order valence-corrected chi connectivity index (χ1v) is 10.6. The highest BCUT2D eigenvalue weighted by atomic mass is 35.5. The van der Waals surface area contributed by atoms with Gasteiger partial charge in [0.25, 0.3) is 5.91 Å². The maximum absolute atomic E-state index is 13.3. The maximum atomic E-state index is 13.3. The molecule has 1 aromatic carbocycles. The fraction of sp³-hybridized carbons (Fsp3) is 0.364. The van der Waals surface area contributed by atoms with Crippen molar-refractivity contribution in [3.05, 3.63) is 47.4 Å². The topological polar surface area (TPSA) is 91.6 Å². The van der Waals surface area contributed by atoms with Crippen LogP contribution in [-0.4, -0.2) is 64.0 Å². The number of hydrogen-bond donors (Lipinski definition) is 0. The third-order valence-electron chi connectivity index (χ3n) is 5.32. The van der Waals surface area contributed by atoms with Crippen LogP contribution < -0.4 is 14.2 Å². The molecule has 0 radical (unpaired) electrons. The van der Waals surface area contributed by atoms with Gasteiger partial charge >= 0.3 is 6.01 Å². The molecular formula is C22H24ClN5O4. The first kappa shape index (κ1) is 21.9. The molecule has 0 bridgehead atoms. The van der Waals surface area contributed by atoms with Crippen LogP contribution in [0.4, 0.5) is 0 Å². The molecule has 3 heterocycles. The van der Waals surface area contributed by atoms with Crippen molar-refractivity contribution in [3.8, 4) is 28.8 Å². The lowest BCUT2D eigenvalue weighted by atomic mass is 10.1. The highest BCUT2D eigenvalue weighted by molar-refractivity contribution is 6.30. The number of methoxy groups -OCH3 is 2. The number of aryl methyl sites for hydroxylation is 1. The number of halogens is 1. The van der Waals surface area contributed by atoms with Gasteiger partial charge < -0.3 is 19.1 Å². The summed E-state index contributed by atoms with van der Waals surface area (Å²) >= 11 is 5.83. The quantitative estimate of drug-likeness (QED) is 0.561. The van der Waals surface area contributed by atoms with E-state index in [1.165, 1.54) is 12.4 Å². The third kappa shape index (κ3) is 4.62. The molecule has 3 aromatic rings. The summed E-state index contributed by atoms with van der Waals surface area (Å²) < 4.78 is 18.2. The van der Waals surface area contributed by atoms with E-state index in [2.05, 4.69) is 15.1 Å². The first-order chi connectivity index (χ1) is 15.5. The molecule has 168 valence electrons. The van der Waals surface area contributed by atoms with Crippen molar-refractivity contribution in [3.63, 3.8) is 0 Å². The monoisotopic (exact) mass is 457 g/mol. The van der Waals surface area contributed by atoms with Crippen molar-refractivity contribution in [2.24, 2.45) is 7.05 Å². The molecule has 10 heteroatoms. The van der Waals surface area contributed by atoms with E-state index in [0.29, 0.717) is 41.0 Å². The summed E-state index contributed by atoms with van der Waals surface area (Å²) in [6.45, 7) is 1.08. The maximum Gasteiger partial charge on any atom is 0.316 e. The number of rotatable bonds is 6. The number of benzene rings is 1. The van der Waals surface area contributed by atoms with Gasteiger partial charge in [0.2, 0.25) is 0 Å². The lowest BCUT2D eigenvalue weighted by Gasteiger charge is -2.32. The average molecular weight is 458 g/mol. The molecule has 32 heavy (non-hydrogen) atoms. The minimum absolute atomic E-state index is 0.113. The van der Waals surface area contributed by atoms with E-state index in [9.17, 15) is 4.79 Å². The second-order valence-corrected chi connectivity index (χ2v) is 7.86. The molecule has 0 aliphatic carbocycles. The van der Waals surface area contributed by atoms with Gasteiger partial charge in [0, 0.05) is 19.2 Å². The van der Waals surface area contributed by atoms with Crippen molar-refractivity contribution in [1.82, 2.24) is 24.6 Å². The van der Waals surface area contributed by atoms with Crippen molar-refractivity contribution >= 4 is 17.5 Å². The lowest BCUT2D eigenvalue weighted by Crippen LogP contribution is -2.45. The second kappa shape index (κ2) is 9.44. The molecule has 2 aromatic heterocycles. The Balaban J connectivity index is 1.52. The fourth-order valence-electron chi connectivity index (χ4n) is 3.70. The van der Waals surface area contributed by atoms with Crippen LogP contribution in [-0.2, 0) is 7.05 Å². The molecule has 0 spiro atoms. The Labute approximate surface area is 190 Å². The molecule has 1 saturated heterocycles. The van der Waals surface area contributed by atoms with E-state index in [4.69, 9.17) is 25.8 Å². The number of amides is 1. The summed E-state index contributed by atoms with van der Waals surface area (Å²) in [6, 6.07) is 7.49. The summed E-state index contributed by atoms with van der Waals surface area (Å²) in [4.78, 5) is 23.2. The largest absolute Gasteiger partial charge is 0.497 e. The SMILES string of the molecule is COc1ccc(OC)c(-c2cc(C(=O)N3CCCC(Oc4ncc(Cl)cn4)C3)n(C)n2)c1. The van der Waals surface area contributed by atoms with E-state index in [1.807, 2.05) is 18.2 Å². The molecule has 0 N–H and O–H groups in total. The summed E-state index contributed by atoms with van der Waals surface area (Å²) in [5.74, 6) is 1.22. The van der Waals surface area contributed by atoms with Crippen LogP contribution in [0, 0.1) is 0 Å². The highest BCUT2D eigenvalue weighted by Gasteiger charge is 2.28. The van der Waals surface area contributed by atoms with Crippen LogP contribution in [0.25, 0.3) is 11.3 Å². The van der Waals surface area contributed by atoms with E-state index < -0.39 is 0 Å². The Morgan fingerprint density at radius 2 is 1.94 bits per heavy atom. The van der Waals surface area contributed by atoms with Crippen LogP contribution >= 0.6 is 11.6 Å². The Bertz CT molecular complexity index is 1100. The summed E-state index contributed by atoms with van der Waals surface area (Å²) in [5.41, 5.74) is 1.86. The fourth-order valence-corrected chi connectivity index (χ4v) is 3.80. The smallest absolute Gasteiger partial charge is 0.316 e. The van der Waals surface area contributed by atoms with E-state index in [0.717, 1.165) is 18.4 Å². The van der Waals surface area contributed by atoms with Gasteiger partial charge in [0.1, 0.15) is 23.3 Å². The van der Waals surface area contributed by atoms with Crippen LogP contribution in [0.15, 0.2) is 36.7 Å². The number of nitrogens with zero attached hydrogens (tertiary/aromatic N) is 5. The van der Waals surface area contributed by atoms with Gasteiger partial charge in [-0.1, -0.05) is 11.6 Å². The van der Waals surface area contributed by atoms with Crippen molar-refractivity contribution in [1.29, 1.82) is 0 Å². The van der Waals surface area contributed by atoms with Gasteiger partial charge in [-0.15, -0.1) is 0 Å². The minimum atomic E-state index is -0.194. The number of hydrogen-bond acceptors (Lipinski definition) is 7. The zero-order valence-electron chi connectivity index (χ0n) is 18.1. The Hall–Kier alpha value is -3.33. The Morgan fingerprint density at radius 1 is 1.16 bits per heavy atom. The molecule has 1 unspecified atom stereocenters. The van der Waals surface area contributed by atoms with Crippen molar-refractivity contribution in [2.75, 3.05) is 27.3 Å². The second-order valence-electron chi connectivity index (χ2n) is 7.42. The summed E-state index contributed by atoms with van der Waals surface area (Å²) in [7, 11) is 4.95. The molecular weight excluding hydrogens is 434 g/mol. The lowest BCUT2D eigenvalue weighted by molar-refractivity contribution is 0.0506. The zero-order chi connectivity index (χ0) is 22.7. The predicted octanol–water partition coefficient (Wildman–Crippen LogP) is 3.23. The van der Waals surface area contributed by atoms with Gasteiger partial charge in [-0.3, -0.25) is 9.48 Å². The molecule has 9 nitrogen and oxygen atoms in total. The zero-order valence-corrected chi connectivity index (χ0v) is 18.9. The molecule has 1 aliphatic heterocycles. The van der Waals surface area contributed by atoms with Gasteiger partial charge in [-0.25, -0.2) is 9.97 Å². The first-order valence-electron chi connectivity index (χ1n) is 10.2. The summed E-state index contributed by atoms with van der Waals surface area (Å²) in [5, 5.41) is 4.99. The molecule has 1 amide bonds. The van der Waals surface area contributed by atoms with Crippen molar-refractivity contribution in [2.45, 2.75) is 18.9 Å². The van der Waals surface area contributed by atoms with Crippen LogP contribution in [0.1, 0.15) is 23.3 Å². The number of carbonyl (C=O) groups is 1. The standard InChI is InChI=1S/C22H24ClN5O4/c1-27-19(10-18(26-27)17-9-15(30-2)6-7-20(17)31-3)21(29)28-8-4-5-16(13-28)32-22-24-11-14(23)12-25-22/h6-7,9-12,16H,4-5,8,13H2,1-3H3. The molecule has 0 saturated carbocycles. The van der Waals surface area contributed by atoms with Crippen LogP contribution in [0.2, 0.25) is 5.02 Å². The van der Waals surface area contributed by atoms with E-state index >= 15 is 0 Å². The van der Waals surface area contributed by atoms with Gasteiger partial charge in [0.05, 0.1) is 43.9 Å². The van der Waals surface area contributed by atoms with E-state index in [1.54, 1.807) is 36.9 Å². The molecule has 1 atom stereocenters. The third-order valence-corrected chi connectivity index (χ3v) is 5.51. The number of aromatic nitrogens is 4. The highest BCUT2D eigenvalue weighted by Crippen LogP contribution is 2.33. The predicted molar refractivity (Wildman–Crippen MR) is 118 cm³/mol. The Kier molecular flexibility index (Phi) is 6.45. The summed E-state index contributed by atoms with van der Waals surface area (Å²) in [6.07, 6.45) is 4.41.